The minimum absolute atomic E-state index is 0.243. The van der Waals surface area contributed by atoms with E-state index in [1.54, 1.807) is 37.7 Å². The lowest BCUT2D eigenvalue weighted by Gasteiger charge is -2.36. The van der Waals surface area contributed by atoms with Gasteiger partial charge in [-0.3, -0.25) is 4.79 Å². The maximum atomic E-state index is 13.8. The molecule has 2 heterocycles. The third-order valence-corrected chi connectivity index (χ3v) is 9.44. The lowest BCUT2D eigenvalue weighted by atomic mass is 9.69. The summed E-state index contributed by atoms with van der Waals surface area (Å²) >= 11 is 1.55. The van der Waals surface area contributed by atoms with Crippen LogP contribution in [-0.4, -0.2) is 25.1 Å². The number of nitrogens with zero attached hydrogens (tertiary/aromatic N) is 2. The smallest absolute Gasteiger partial charge is 0.257 e. The minimum Gasteiger partial charge on any atom is -0.497 e. The minimum atomic E-state index is -0.261. The molecule has 0 saturated carbocycles. The summed E-state index contributed by atoms with van der Waals surface area (Å²) in [6.07, 6.45) is 4.00. The molecule has 0 bridgehead atoms. The first-order valence-electron chi connectivity index (χ1n) is 13.3. The van der Waals surface area contributed by atoms with Crippen molar-refractivity contribution in [1.29, 1.82) is 5.26 Å². The van der Waals surface area contributed by atoms with Gasteiger partial charge in [-0.1, -0.05) is 45.4 Å². The molecule has 2 aromatic heterocycles. The zero-order valence-electron chi connectivity index (χ0n) is 23.1. The normalized spacial score (nSPS) is 14.9. The van der Waals surface area contributed by atoms with Gasteiger partial charge in [-0.15, -0.1) is 11.3 Å². The first-order valence-corrected chi connectivity index (χ1v) is 14.1. The van der Waals surface area contributed by atoms with E-state index in [-0.39, 0.29) is 11.3 Å². The largest absolute Gasteiger partial charge is 0.497 e. The molecule has 0 fully saturated rings. The van der Waals surface area contributed by atoms with E-state index in [1.165, 1.54) is 4.88 Å². The Bertz CT molecular complexity index is 1600. The van der Waals surface area contributed by atoms with Crippen LogP contribution in [-0.2, 0) is 12.8 Å². The molecule has 1 N–H and O–H groups in total. The molecule has 6 nitrogen and oxygen atoms in total. The average Bonchev–Trinajstić information content (AvgIpc) is 3.32. The van der Waals surface area contributed by atoms with E-state index >= 15 is 0 Å². The summed E-state index contributed by atoms with van der Waals surface area (Å²) in [4.78, 5) is 19.9. The Balaban J connectivity index is 1.54. The third-order valence-electron chi connectivity index (χ3n) is 8.27. The van der Waals surface area contributed by atoms with Gasteiger partial charge in [-0.25, -0.2) is 4.98 Å². The number of benzene rings is 2. The monoisotopic (exact) mass is 539 g/mol. The number of anilines is 1. The molecule has 1 aliphatic carbocycles. The van der Waals surface area contributed by atoms with Crippen molar-refractivity contribution in [3.05, 3.63) is 70.1 Å². The molecule has 0 unspecified atom stereocenters. The summed E-state index contributed by atoms with van der Waals surface area (Å²) in [5.74, 6) is 1.58. The van der Waals surface area contributed by atoms with Gasteiger partial charge in [0.05, 0.1) is 36.6 Å². The highest BCUT2D eigenvalue weighted by molar-refractivity contribution is 7.16. The lowest BCUT2D eigenvalue weighted by Crippen LogP contribution is -2.28. The number of hydrogen-bond acceptors (Lipinski definition) is 6. The van der Waals surface area contributed by atoms with Gasteiger partial charge in [0.25, 0.3) is 5.91 Å². The summed E-state index contributed by atoms with van der Waals surface area (Å²) in [5, 5.41) is 14.5. The number of methoxy groups -OCH3 is 2. The van der Waals surface area contributed by atoms with E-state index in [0.29, 0.717) is 44.8 Å². The summed E-state index contributed by atoms with van der Waals surface area (Å²) < 4.78 is 11.0. The van der Waals surface area contributed by atoms with E-state index in [4.69, 9.17) is 14.5 Å². The highest BCUT2D eigenvalue weighted by atomic mass is 32.1. The van der Waals surface area contributed by atoms with Crippen molar-refractivity contribution in [1.82, 2.24) is 4.98 Å². The number of nitriles is 1. The molecule has 0 spiro atoms. The van der Waals surface area contributed by atoms with E-state index in [2.05, 4.69) is 32.2 Å². The summed E-state index contributed by atoms with van der Waals surface area (Å²) in [5.41, 5.74) is 4.52. The second-order valence-electron chi connectivity index (χ2n) is 10.7. The SMILES string of the molecule is CCC(C)(C)[C@@H]1CCc2c(sc(NC(=O)c3cc(-c4ccc(OC)cc4OC)nc4ccccc34)c2C#N)C1. The van der Waals surface area contributed by atoms with Crippen LogP contribution in [0, 0.1) is 22.7 Å². The van der Waals surface area contributed by atoms with Crippen molar-refractivity contribution >= 4 is 33.1 Å². The molecule has 0 saturated heterocycles. The van der Waals surface area contributed by atoms with Crippen molar-refractivity contribution in [3.63, 3.8) is 0 Å². The number of aromatic nitrogens is 1. The summed E-state index contributed by atoms with van der Waals surface area (Å²) in [6.45, 7) is 6.90. The quantitative estimate of drug-likeness (QED) is 0.261. The fourth-order valence-corrected chi connectivity index (χ4v) is 6.70. The number of fused-ring (bicyclic) bond motifs is 2. The lowest BCUT2D eigenvalue weighted by molar-refractivity contribution is 0.102. The Kier molecular flexibility index (Phi) is 7.33. The van der Waals surface area contributed by atoms with Crippen LogP contribution in [0.15, 0.2) is 48.5 Å². The first-order chi connectivity index (χ1) is 18.8. The van der Waals surface area contributed by atoms with Crippen LogP contribution in [0.3, 0.4) is 0 Å². The van der Waals surface area contributed by atoms with Crippen molar-refractivity contribution in [2.24, 2.45) is 11.3 Å². The molecular formula is C32H33N3O3S. The van der Waals surface area contributed by atoms with Crippen LogP contribution in [0.1, 0.15) is 60.0 Å². The second-order valence-corrected chi connectivity index (χ2v) is 11.8. The Hall–Kier alpha value is -3.89. The van der Waals surface area contributed by atoms with E-state index in [9.17, 15) is 10.1 Å². The Labute approximate surface area is 233 Å². The number of thiophene rings is 1. The molecule has 1 atom stereocenters. The number of carbonyl (C=O) groups excluding carboxylic acids is 1. The summed E-state index contributed by atoms with van der Waals surface area (Å²) in [6, 6.07) is 17.3. The Morgan fingerprint density at radius 1 is 1.18 bits per heavy atom. The molecule has 0 radical (unpaired) electrons. The zero-order chi connectivity index (χ0) is 27.7. The number of carbonyl (C=O) groups is 1. The molecule has 39 heavy (non-hydrogen) atoms. The predicted octanol–water partition coefficient (Wildman–Crippen LogP) is 7.65. The van der Waals surface area contributed by atoms with Crippen molar-refractivity contribution < 1.29 is 14.3 Å². The maximum absolute atomic E-state index is 13.8. The first kappa shape index (κ1) is 26.7. The van der Waals surface area contributed by atoms with Gasteiger partial charge in [-0.2, -0.15) is 5.26 Å². The highest BCUT2D eigenvalue weighted by Gasteiger charge is 2.34. The van der Waals surface area contributed by atoms with Gasteiger partial charge < -0.3 is 14.8 Å². The number of nitrogens with one attached hydrogen (secondary N) is 1. The topological polar surface area (TPSA) is 84.2 Å². The van der Waals surface area contributed by atoms with E-state index in [0.717, 1.165) is 42.2 Å². The van der Waals surface area contributed by atoms with Crippen LogP contribution < -0.4 is 14.8 Å². The fourth-order valence-electron chi connectivity index (χ4n) is 5.43. The highest BCUT2D eigenvalue weighted by Crippen LogP contribution is 2.45. The molecule has 4 aromatic rings. The standard InChI is InChI=1S/C32H33N3O3S/c1-6-32(2,3)19-11-13-22-25(18-33)31(39-29(22)15-19)35-30(36)24-17-27(34-26-10-8-7-9-21(24)26)23-14-12-20(37-4)16-28(23)38-5/h7-10,12,14,16-17,19H,6,11,13,15H2,1-5H3,(H,35,36)/t19-/m1/s1. The Morgan fingerprint density at radius 3 is 2.69 bits per heavy atom. The number of hydrogen-bond donors (Lipinski definition) is 1. The zero-order valence-corrected chi connectivity index (χ0v) is 23.9. The Morgan fingerprint density at radius 2 is 1.97 bits per heavy atom. The van der Waals surface area contributed by atoms with Gasteiger partial charge in [0, 0.05) is 21.9 Å². The van der Waals surface area contributed by atoms with Crippen LogP contribution in [0.2, 0.25) is 0 Å². The van der Waals surface area contributed by atoms with E-state index < -0.39 is 0 Å². The summed E-state index contributed by atoms with van der Waals surface area (Å²) in [7, 11) is 3.20. The van der Waals surface area contributed by atoms with Crippen molar-refractivity contribution in [3.8, 4) is 28.8 Å². The maximum Gasteiger partial charge on any atom is 0.257 e. The number of rotatable bonds is 7. The molecule has 1 amide bonds. The van der Waals surface area contributed by atoms with Crippen LogP contribution in [0.25, 0.3) is 22.2 Å². The van der Waals surface area contributed by atoms with Crippen LogP contribution in [0.5, 0.6) is 11.5 Å². The van der Waals surface area contributed by atoms with Crippen LogP contribution in [0.4, 0.5) is 5.00 Å². The van der Waals surface area contributed by atoms with Crippen LogP contribution >= 0.6 is 11.3 Å². The van der Waals surface area contributed by atoms with Gasteiger partial charge in [0.2, 0.25) is 0 Å². The average molecular weight is 540 g/mol. The van der Waals surface area contributed by atoms with Gasteiger partial charge in [0.1, 0.15) is 22.6 Å². The van der Waals surface area contributed by atoms with Gasteiger partial charge >= 0.3 is 0 Å². The molecule has 0 aliphatic heterocycles. The van der Waals surface area contributed by atoms with Crippen molar-refractivity contribution in [2.45, 2.75) is 46.5 Å². The number of amides is 1. The fraction of sp³-hybridized carbons (Fsp3) is 0.344. The number of pyridine rings is 1. The molecule has 1 aliphatic rings. The molecule has 5 rings (SSSR count). The van der Waals surface area contributed by atoms with Gasteiger partial charge in [-0.05, 0) is 60.4 Å². The van der Waals surface area contributed by atoms with E-state index in [1.807, 2.05) is 36.4 Å². The molecule has 200 valence electrons. The second kappa shape index (κ2) is 10.7. The number of ether oxygens (including phenoxy) is 2. The third kappa shape index (κ3) is 4.97. The van der Waals surface area contributed by atoms with Crippen molar-refractivity contribution in [2.75, 3.05) is 19.5 Å². The predicted molar refractivity (Wildman–Crippen MR) is 157 cm³/mol. The molecule has 2 aromatic carbocycles. The van der Waals surface area contributed by atoms with Gasteiger partial charge in [0.15, 0.2) is 0 Å². The number of para-hydroxylation sites is 1. The molecule has 7 heteroatoms. The molecular weight excluding hydrogens is 506 g/mol.